The van der Waals surface area contributed by atoms with Gasteiger partial charge in [0.15, 0.2) is 5.78 Å². The minimum atomic E-state index is -0.394. The molecule has 0 spiro atoms. The summed E-state index contributed by atoms with van der Waals surface area (Å²) in [5, 5.41) is 0. The van der Waals surface area contributed by atoms with Crippen LogP contribution in [0.3, 0.4) is 0 Å². The molecule has 0 amide bonds. The fraction of sp³-hybridized carbons (Fsp3) is 0.533. The maximum Gasteiger partial charge on any atom is 0.157 e. The third-order valence-electron chi connectivity index (χ3n) is 4.16. The van der Waals surface area contributed by atoms with E-state index in [-0.39, 0.29) is 18.0 Å². The van der Waals surface area contributed by atoms with Crippen molar-refractivity contribution >= 4 is 21.7 Å². The van der Waals surface area contributed by atoms with Crippen molar-refractivity contribution in [2.75, 3.05) is 14.1 Å². The van der Waals surface area contributed by atoms with E-state index < -0.39 is 5.54 Å². The van der Waals surface area contributed by atoms with Crippen LogP contribution in [0.2, 0.25) is 0 Å². The first kappa shape index (κ1) is 14.7. The molecule has 0 atom stereocenters. The normalized spacial score (nSPS) is 17.9. The molecule has 4 heteroatoms. The molecule has 1 aliphatic rings. The van der Waals surface area contributed by atoms with E-state index >= 15 is 0 Å². The van der Waals surface area contributed by atoms with Gasteiger partial charge in [0.1, 0.15) is 5.82 Å². The first-order valence-electron chi connectivity index (χ1n) is 6.60. The molecule has 0 heterocycles. The van der Waals surface area contributed by atoms with Crippen molar-refractivity contribution in [1.29, 1.82) is 0 Å². The molecule has 1 aromatic rings. The lowest BCUT2D eigenvalue weighted by Gasteiger charge is -2.34. The van der Waals surface area contributed by atoms with Crippen LogP contribution in [0.5, 0.6) is 0 Å². The van der Waals surface area contributed by atoms with E-state index in [9.17, 15) is 9.18 Å². The summed E-state index contributed by atoms with van der Waals surface area (Å²) in [5.41, 5.74) is 0.0851. The summed E-state index contributed by atoms with van der Waals surface area (Å²) in [5.74, 6) is -0.171. The second-order valence-corrected chi connectivity index (χ2v) is 6.38. The third-order valence-corrected chi connectivity index (χ3v) is 4.66. The molecule has 0 unspecified atom stereocenters. The van der Waals surface area contributed by atoms with Gasteiger partial charge in [-0.3, -0.25) is 9.69 Å². The molecular weight excluding hydrogens is 309 g/mol. The van der Waals surface area contributed by atoms with Crippen LogP contribution in [0.25, 0.3) is 0 Å². The summed E-state index contributed by atoms with van der Waals surface area (Å²) < 4.78 is 14.6. The highest BCUT2D eigenvalue weighted by Crippen LogP contribution is 2.35. The Morgan fingerprint density at radius 2 is 2.00 bits per heavy atom. The molecule has 1 fully saturated rings. The zero-order valence-electron chi connectivity index (χ0n) is 11.4. The molecule has 0 bridgehead atoms. The molecule has 0 radical (unpaired) electrons. The number of carbonyl (C=O) groups excluding carboxylic acids is 1. The second-order valence-electron chi connectivity index (χ2n) is 5.47. The van der Waals surface area contributed by atoms with Crippen LogP contribution in [0.15, 0.2) is 22.7 Å². The summed E-state index contributed by atoms with van der Waals surface area (Å²) in [6, 6.07) is 4.76. The van der Waals surface area contributed by atoms with Crippen molar-refractivity contribution in [3.8, 4) is 0 Å². The molecule has 0 saturated heterocycles. The molecule has 2 rings (SSSR count). The summed E-state index contributed by atoms with van der Waals surface area (Å²) in [4.78, 5) is 14.6. The molecule has 19 heavy (non-hydrogen) atoms. The van der Waals surface area contributed by atoms with Gasteiger partial charge in [0.25, 0.3) is 0 Å². The van der Waals surface area contributed by atoms with Gasteiger partial charge < -0.3 is 0 Å². The van der Waals surface area contributed by atoms with E-state index in [1.54, 1.807) is 12.1 Å². The number of benzene rings is 1. The number of rotatable bonds is 4. The number of hydrogen-bond donors (Lipinski definition) is 0. The topological polar surface area (TPSA) is 20.3 Å². The van der Waals surface area contributed by atoms with Gasteiger partial charge in [0.05, 0.1) is 5.54 Å². The molecule has 1 aromatic carbocycles. The molecular formula is C15H19BrFNO. The Balaban J connectivity index is 2.22. The smallest absolute Gasteiger partial charge is 0.157 e. The van der Waals surface area contributed by atoms with Gasteiger partial charge in [-0.15, -0.1) is 0 Å². The van der Waals surface area contributed by atoms with E-state index in [1.807, 2.05) is 19.0 Å². The summed E-state index contributed by atoms with van der Waals surface area (Å²) >= 11 is 3.32. The number of halogens is 2. The lowest BCUT2D eigenvalue weighted by Crippen LogP contribution is -2.49. The minimum absolute atomic E-state index is 0.131. The third kappa shape index (κ3) is 2.90. The Morgan fingerprint density at radius 3 is 2.58 bits per heavy atom. The van der Waals surface area contributed by atoms with E-state index in [0.29, 0.717) is 5.56 Å². The standard InChI is InChI=1S/C15H19BrFNO/c1-18(2)15(7-3-4-8-15)14(19)10-11-9-12(16)5-6-13(11)17/h5-6,9H,3-4,7-8,10H2,1-2H3. The van der Waals surface area contributed by atoms with E-state index in [0.717, 1.165) is 30.2 Å². The molecule has 104 valence electrons. The molecule has 2 nitrogen and oxygen atoms in total. The lowest BCUT2D eigenvalue weighted by atomic mass is 9.87. The van der Waals surface area contributed by atoms with E-state index in [1.165, 1.54) is 6.07 Å². The van der Waals surface area contributed by atoms with Crippen LogP contribution in [0.4, 0.5) is 4.39 Å². The predicted molar refractivity (Wildman–Crippen MR) is 77.7 cm³/mol. The Bertz CT molecular complexity index is 481. The minimum Gasteiger partial charge on any atom is -0.297 e. The van der Waals surface area contributed by atoms with Crippen LogP contribution in [0.1, 0.15) is 31.2 Å². The van der Waals surface area contributed by atoms with Crippen LogP contribution in [-0.4, -0.2) is 30.3 Å². The number of likely N-dealkylation sites (N-methyl/N-ethyl adjacent to an activating group) is 1. The lowest BCUT2D eigenvalue weighted by molar-refractivity contribution is -0.128. The number of nitrogens with zero attached hydrogens (tertiary/aromatic N) is 1. The number of Topliss-reactive ketones (excluding diaryl/α,β-unsaturated/α-hetero) is 1. The van der Waals surface area contributed by atoms with Crippen LogP contribution < -0.4 is 0 Å². The highest BCUT2D eigenvalue weighted by molar-refractivity contribution is 9.10. The Kier molecular flexibility index (Phi) is 4.41. The van der Waals surface area contributed by atoms with Gasteiger partial charge in [-0.25, -0.2) is 4.39 Å². The summed E-state index contributed by atoms with van der Waals surface area (Å²) in [6.07, 6.45) is 4.09. The van der Waals surface area contributed by atoms with E-state index in [4.69, 9.17) is 0 Å². The fourth-order valence-electron chi connectivity index (χ4n) is 2.95. The molecule has 1 saturated carbocycles. The van der Waals surface area contributed by atoms with Gasteiger partial charge in [0, 0.05) is 10.9 Å². The first-order chi connectivity index (χ1) is 8.95. The average molecular weight is 328 g/mol. The fourth-order valence-corrected chi connectivity index (χ4v) is 3.36. The van der Waals surface area contributed by atoms with Crippen molar-refractivity contribution < 1.29 is 9.18 Å². The van der Waals surface area contributed by atoms with E-state index in [2.05, 4.69) is 15.9 Å². The molecule has 0 aliphatic heterocycles. The van der Waals surface area contributed by atoms with Crippen molar-refractivity contribution in [2.45, 2.75) is 37.6 Å². The second kappa shape index (κ2) is 5.71. The van der Waals surface area contributed by atoms with Gasteiger partial charge >= 0.3 is 0 Å². The van der Waals surface area contributed by atoms with Crippen molar-refractivity contribution in [1.82, 2.24) is 4.90 Å². The van der Waals surface area contributed by atoms with Gasteiger partial charge in [-0.1, -0.05) is 28.8 Å². The number of hydrogen-bond acceptors (Lipinski definition) is 2. The number of ketones is 1. The Morgan fingerprint density at radius 1 is 1.37 bits per heavy atom. The van der Waals surface area contributed by atoms with Crippen LogP contribution in [-0.2, 0) is 11.2 Å². The zero-order chi connectivity index (χ0) is 14.0. The van der Waals surface area contributed by atoms with Crippen molar-refractivity contribution in [2.24, 2.45) is 0 Å². The zero-order valence-corrected chi connectivity index (χ0v) is 13.0. The molecule has 0 aromatic heterocycles. The summed E-state index contributed by atoms with van der Waals surface area (Å²) in [6.45, 7) is 0. The van der Waals surface area contributed by atoms with Crippen LogP contribution in [0, 0.1) is 5.82 Å². The predicted octanol–water partition coefficient (Wildman–Crippen LogP) is 3.57. The van der Waals surface area contributed by atoms with Gasteiger partial charge in [-0.05, 0) is 50.7 Å². The molecule has 0 N–H and O–H groups in total. The first-order valence-corrected chi connectivity index (χ1v) is 7.40. The summed E-state index contributed by atoms with van der Waals surface area (Å²) in [7, 11) is 3.89. The quantitative estimate of drug-likeness (QED) is 0.842. The largest absolute Gasteiger partial charge is 0.297 e. The Hall–Kier alpha value is -0.740. The number of carbonyl (C=O) groups is 1. The highest BCUT2D eigenvalue weighted by Gasteiger charge is 2.42. The van der Waals surface area contributed by atoms with Crippen molar-refractivity contribution in [3.63, 3.8) is 0 Å². The maximum atomic E-state index is 13.8. The van der Waals surface area contributed by atoms with Crippen molar-refractivity contribution in [3.05, 3.63) is 34.1 Å². The average Bonchev–Trinajstić information content (AvgIpc) is 2.84. The maximum absolute atomic E-state index is 13.8. The van der Waals surface area contributed by atoms with Crippen LogP contribution >= 0.6 is 15.9 Å². The van der Waals surface area contributed by atoms with Gasteiger partial charge in [-0.2, -0.15) is 0 Å². The monoisotopic (exact) mass is 327 g/mol. The molecule has 1 aliphatic carbocycles. The Labute approximate surface area is 122 Å². The SMILES string of the molecule is CN(C)C1(C(=O)Cc2cc(Br)ccc2F)CCCC1. The van der Waals surface area contributed by atoms with Gasteiger partial charge in [0.2, 0.25) is 0 Å². The highest BCUT2D eigenvalue weighted by atomic mass is 79.9.